The first-order chi connectivity index (χ1) is 11.4. The number of nitrogens with zero attached hydrogens (tertiary/aromatic N) is 3. The highest BCUT2D eigenvalue weighted by Gasteiger charge is 2.17. The molecule has 1 aromatic heterocycles. The number of benzene rings is 1. The molecule has 0 saturated carbocycles. The Morgan fingerprint density at radius 2 is 2.12 bits per heavy atom. The minimum atomic E-state index is -3.44. The van der Waals surface area contributed by atoms with Gasteiger partial charge in [-0.1, -0.05) is 0 Å². The largest absolute Gasteiger partial charge is 0.484 e. The maximum atomic E-state index is 13.9. The third-order valence-electron chi connectivity index (χ3n) is 3.90. The van der Waals surface area contributed by atoms with Crippen molar-refractivity contribution in [2.75, 3.05) is 19.3 Å². The van der Waals surface area contributed by atoms with Crippen molar-refractivity contribution < 1.29 is 17.5 Å². The van der Waals surface area contributed by atoms with Gasteiger partial charge in [0.25, 0.3) is 0 Å². The topological polar surface area (TPSA) is 86.1 Å². The molecule has 7 nitrogen and oxygen atoms in total. The second-order valence-electron chi connectivity index (χ2n) is 5.79. The zero-order valence-corrected chi connectivity index (χ0v) is 14.1. The number of piperidine rings is 1. The van der Waals surface area contributed by atoms with Crippen molar-refractivity contribution in [3.63, 3.8) is 0 Å². The van der Waals surface area contributed by atoms with Crippen molar-refractivity contribution in [1.82, 2.24) is 20.3 Å². The van der Waals surface area contributed by atoms with Crippen LogP contribution in [0, 0.1) is 5.82 Å². The monoisotopic (exact) mass is 354 g/mol. The number of sulfone groups is 1. The fourth-order valence-electron chi connectivity index (χ4n) is 2.57. The minimum absolute atomic E-state index is 0.0150. The van der Waals surface area contributed by atoms with Gasteiger partial charge in [0.1, 0.15) is 12.3 Å². The summed E-state index contributed by atoms with van der Waals surface area (Å²) in [5, 5.41) is 11.9. The van der Waals surface area contributed by atoms with Gasteiger partial charge in [0.15, 0.2) is 21.4 Å². The van der Waals surface area contributed by atoms with Crippen LogP contribution in [0.4, 0.5) is 4.39 Å². The van der Waals surface area contributed by atoms with Crippen LogP contribution in [0.1, 0.15) is 24.6 Å². The fourth-order valence-corrected chi connectivity index (χ4v) is 3.20. The fraction of sp³-hybridized carbons (Fsp3) is 0.467. The Kier molecular flexibility index (Phi) is 4.81. The molecule has 0 radical (unpaired) electrons. The van der Waals surface area contributed by atoms with Gasteiger partial charge in [-0.2, -0.15) is 15.0 Å². The number of nitrogens with one attached hydrogen (secondary N) is 1. The highest BCUT2D eigenvalue weighted by atomic mass is 32.2. The SMILES string of the molecule is CS(=O)(=O)c1ccc(OCc2cnn(C3CCNCC3)n2)c(F)c1. The first-order valence-electron chi connectivity index (χ1n) is 7.67. The molecular weight excluding hydrogens is 335 g/mol. The number of rotatable bonds is 5. The summed E-state index contributed by atoms with van der Waals surface area (Å²) in [5.74, 6) is -0.734. The summed E-state index contributed by atoms with van der Waals surface area (Å²) < 4.78 is 42.1. The highest BCUT2D eigenvalue weighted by Crippen LogP contribution is 2.22. The van der Waals surface area contributed by atoms with Gasteiger partial charge < -0.3 is 10.1 Å². The number of aromatic nitrogens is 3. The third-order valence-corrected chi connectivity index (χ3v) is 5.01. The molecule has 130 valence electrons. The summed E-state index contributed by atoms with van der Waals surface area (Å²) in [5.41, 5.74) is 0.597. The van der Waals surface area contributed by atoms with Crippen LogP contribution in [-0.4, -0.2) is 42.8 Å². The Morgan fingerprint density at radius 3 is 2.79 bits per heavy atom. The van der Waals surface area contributed by atoms with Gasteiger partial charge in [0.05, 0.1) is 17.1 Å². The summed E-state index contributed by atoms with van der Waals surface area (Å²) >= 11 is 0. The molecule has 1 saturated heterocycles. The van der Waals surface area contributed by atoms with E-state index < -0.39 is 15.7 Å². The molecule has 1 N–H and O–H groups in total. The van der Waals surface area contributed by atoms with E-state index in [4.69, 9.17) is 4.74 Å². The molecule has 0 spiro atoms. The molecule has 0 amide bonds. The Hall–Kier alpha value is -2.00. The number of ether oxygens (including phenoxy) is 1. The zero-order chi connectivity index (χ0) is 17.2. The summed E-state index contributed by atoms with van der Waals surface area (Å²) in [7, 11) is -3.44. The molecule has 1 fully saturated rings. The van der Waals surface area contributed by atoms with Crippen molar-refractivity contribution >= 4 is 9.84 Å². The van der Waals surface area contributed by atoms with Crippen LogP contribution in [-0.2, 0) is 16.4 Å². The van der Waals surface area contributed by atoms with E-state index in [2.05, 4.69) is 15.5 Å². The Morgan fingerprint density at radius 1 is 1.38 bits per heavy atom. The first-order valence-corrected chi connectivity index (χ1v) is 9.56. The molecule has 3 rings (SSSR count). The van der Waals surface area contributed by atoms with Crippen molar-refractivity contribution in [2.45, 2.75) is 30.4 Å². The van der Waals surface area contributed by atoms with Crippen LogP contribution in [0.5, 0.6) is 5.75 Å². The van der Waals surface area contributed by atoms with Crippen molar-refractivity contribution in [1.29, 1.82) is 0 Å². The van der Waals surface area contributed by atoms with E-state index in [1.165, 1.54) is 12.1 Å². The van der Waals surface area contributed by atoms with E-state index >= 15 is 0 Å². The summed E-state index contributed by atoms with van der Waals surface area (Å²) in [4.78, 5) is 1.60. The van der Waals surface area contributed by atoms with Gasteiger partial charge in [-0.05, 0) is 44.1 Å². The molecule has 2 heterocycles. The van der Waals surface area contributed by atoms with E-state index in [9.17, 15) is 12.8 Å². The van der Waals surface area contributed by atoms with Gasteiger partial charge in [-0.3, -0.25) is 0 Å². The lowest BCUT2D eigenvalue weighted by Gasteiger charge is -2.21. The second kappa shape index (κ2) is 6.86. The van der Waals surface area contributed by atoms with Gasteiger partial charge >= 0.3 is 0 Å². The predicted molar refractivity (Wildman–Crippen MR) is 85.0 cm³/mol. The molecule has 9 heteroatoms. The molecule has 0 bridgehead atoms. The predicted octanol–water partition coefficient (Wildman–Crippen LogP) is 1.32. The van der Waals surface area contributed by atoms with Crippen molar-refractivity contribution in [3.8, 4) is 5.75 Å². The van der Waals surface area contributed by atoms with Crippen molar-refractivity contribution in [2.24, 2.45) is 0 Å². The smallest absolute Gasteiger partial charge is 0.175 e. The summed E-state index contributed by atoms with van der Waals surface area (Å²) in [6.45, 7) is 1.95. The molecule has 1 aromatic carbocycles. The van der Waals surface area contributed by atoms with Gasteiger partial charge in [0.2, 0.25) is 0 Å². The Balaban J connectivity index is 1.65. The lowest BCUT2D eigenvalue weighted by Crippen LogP contribution is -2.30. The maximum Gasteiger partial charge on any atom is 0.175 e. The average Bonchev–Trinajstić information content (AvgIpc) is 3.02. The van der Waals surface area contributed by atoms with Gasteiger partial charge in [-0.15, -0.1) is 0 Å². The Labute approximate surface area is 139 Å². The summed E-state index contributed by atoms with van der Waals surface area (Å²) in [6, 6.07) is 3.85. The minimum Gasteiger partial charge on any atom is -0.484 e. The number of hydrogen-bond donors (Lipinski definition) is 1. The Bertz CT molecular complexity index is 816. The zero-order valence-electron chi connectivity index (χ0n) is 13.3. The number of hydrogen-bond acceptors (Lipinski definition) is 6. The molecule has 0 aliphatic carbocycles. The van der Waals surface area contributed by atoms with Crippen LogP contribution in [0.25, 0.3) is 0 Å². The van der Waals surface area contributed by atoms with Crippen LogP contribution in [0.2, 0.25) is 0 Å². The molecule has 1 aliphatic heterocycles. The lowest BCUT2D eigenvalue weighted by atomic mass is 10.1. The van der Waals surface area contributed by atoms with E-state index in [1.807, 2.05) is 0 Å². The molecule has 24 heavy (non-hydrogen) atoms. The van der Waals surface area contributed by atoms with Crippen LogP contribution in [0.3, 0.4) is 0 Å². The van der Waals surface area contributed by atoms with Crippen molar-refractivity contribution in [3.05, 3.63) is 35.9 Å². The second-order valence-corrected chi connectivity index (χ2v) is 7.81. The summed E-state index contributed by atoms with van der Waals surface area (Å²) in [6.07, 6.45) is 4.57. The number of halogens is 1. The molecule has 1 aliphatic rings. The molecular formula is C15H19FN4O3S. The van der Waals surface area contributed by atoms with E-state index in [-0.39, 0.29) is 23.3 Å². The first kappa shape index (κ1) is 16.8. The maximum absolute atomic E-state index is 13.9. The average molecular weight is 354 g/mol. The normalized spacial score (nSPS) is 16.2. The van der Waals surface area contributed by atoms with E-state index in [0.29, 0.717) is 5.69 Å². The van der Waals surface area contributed by atoms with E-state index in [0.717, 1.165) is 38.3 Å². The molecule has 2 aromatic rings. The molecule has 0 atom stereocenters. The lowest BCUT2D eigenvalue weighted by molar-refractivity contribution is 0.277. The van der Waals surface area contributed by atoms with Crippen LogP contribution >= 0.6 is 0 Å². The van der Waals surface area contributed by atoms with E-state index in [1.54, 1.807) is 11.0 Å². The van der Waals surface area contributed by atoms with Gasteiger partial charge in [0, 0.05) is 6.26 Å². The molecule has 0 unspecified atom stereocenters. The van der Waals surface area contributed by atoms with Crippen LogP contribution in [0.15, 0.2) is 29.3 Å². The standard InChI is InChI=1S/C15H19FN4O3S/c1-24(21,22)13-2-3-15(14(16)8-13)23-10-11-9-18-20(19-11)12-4-6-17-7-5-12/h2-3,8-9,12,17H,4-7,10H2,1H3. The third kappa shape index (κ3) is 3.90. The van der Waals surface area contributed by atoms with Crippen LogP contribution < -0.4 is 10.1 Å². The highest BCUT2D eigenvalue weighted by molar-refractivity contribution is 7.90. The quantitative estimate of drug-likeness (QED) is 0.872. The van der Waals surface area contributed by atoms with Gasteiger partial charge in [-0.25, -0.2) is 12.8 Å².